The summed E-state index contributed by atoms with van der Waals surface area (Å²) >= 11 is -16.0. The number of hydrogen-bond acceptors (Lipinski definition) is 3. The average Bonchev–Trinajstić information content (AvgIpc) is 1.41. The van der Waals surface area contributed by atoms with E-state index < -0.39 is 60.2 Å². The van der Waals surface area contributed by atoms with Crippen molar-refractivity contribution in [2.45, 2.75) is 0 Å². The van der Waals surface area contributed by atoms with Crippen molar-refractivity contribution in [2.24, 2.45) is 0 Å². The third kappa shape index (κ3) is 360. The maximum atomic E-state index is 8.97. The molecule has 104 valence electrons. The van der Waals surface area contributed by atoms with Gasteiger partial charge in [0.15, 0.2) is 0 Å². The van der Waals surface area contributed by atoms with E-state index in [4.69, 9.17) is 39.5 Å². The molecule has 0 bridgehead atoms. The molecule has 0 saturated carbocycles. The molecule has 0 atom stereocenters. The normalized spacial score (nSPS) is 9.32. The number of rotatable bonds is 0. The molecule has 0 fully saturated rings. The van der Waals surface area contributed by atoms with Gasteiger partial charge in [0.1, 0.15) is 0 Å². The molecule has 0 rings (SSSR count). The molecule has 0 aliphatic heterocycles. The molecule has 0 amide bonds. The Morgan fingerprint density at radius 2 is 0.421 bits per heavy atom. The van der Waals surface area contributed by atoms with Gasteiger partial charge in [-0.3, -0.25) is 0 Å². The van der Waals surface area contributed by atoms with E-state index in [2.05, 4.69) is 0 Å². The van der Waals surface area contributed by atoms with Crippen molar-refractivity contribution in [2.75, 3.05) is 0 Å². The summed E-state index contributed by atoms with van der Waals surface area (Å²) < 4.78 is 92.4. The van der Waals surface area contributed by atoms with Crippen molar-refractivity contribution >= 4 is 60.2 Å². The fraction of sp³-hybridized carbons (Fsp3) is 0. The van der Waals surface area contributed by atoms with E-state index in [1.807, 2.05) is 0 Å². The van der Waals surface area contributed by atoms with Gasteiger partial charge in [-0.05, 0) is 0 Å². The van der Waals surface area contributed by atoms with Gasteiger partial charge in [0, 0.05) is 0 Å². The Bertz CT molecular complexity index is 226. The molecule has 0 spiro atoms. The quantitative estimate of drug-likeness (QED) is 0.110. The Kier molecular flexibility index (Phi) is 50.1. The van der Waals surface area contributed by atoms with Gasteiger partial charge in [-0.15, -0.1) is 0 Å². The van der Waals surface area contributed by atoms with Crippen LogP contribution in [-0.4, -0.2) is 90.6 Å². The van der Waals surface area contributed by atoms with Gasteiger partial charge < -0.3 is 5.71 Å². The van der Waals surface area contributed by atoms with Gasteiger partial charge in [-0.2, -0.15) is 0 Å². The van der Waals surface area contributed by atoms with Gasteiger partial charge in [0.25, 0.3) is 0 Å². The first-order chi connectivity index (χ1) is 6.00. The fourth-order valence-electron chi connectivity index (χ4n) is 0. The molecule has 0 saturated heterocycles. The second-order valence-corrected chi connectivity index (χ2v) is 10.3. The first kappa shape index (κ1) is 44.2. The minimum absolute atomic E-state index is 0. The monoisotopic (exact) mass is 660 g/mol. The van der Waals surface area contributed by atoms with Gasteiger partial charge in [-0.25, -0.2) is 0 Å². The summed E-state index contributed by atoms with van der Waals surface area (Å²) in [5.74, 6) is 0. The van der Waals surface area contributed by atoms with E-state index in [0.29, 0.717) is 0 Å². The van der Waals surface area contributed by atoms with E-state index in [0.717, 1.165) is 0 Å². The molecule has 0 aliphatic rings. The Morgan fingerprint density at radius 3 is 0.421 bits per heavy atom. The maximum absolute atomic E-state index is 8.97. The molecule has 0 aromatic rings. The van der Waals surface area contributed by atoms with Crippen LogP contribution < -0.4 is 118 Å². The van der Waals surface area contributed by atoms with E-state index in [1.165, 1.54) is 0 Å². The van der Waals surface area contributed by atoms with Crippen LogP contribution in [0.4, 0.5) is 0 Å². The van der Waals surface area contributed by atoms with Gasteiger partial charge in [0.2, 0.25) is 0 Å². The van der Waals surface area contributed by atoms with Crippen molar-refractivity contribution in [3.8, 4) is 0 Å². The van der Waals surface area contributed by atoms with Crippen LogP contribution >= 0.6 is 0 Å². The zero-order valence-electron chi connectivity index (χ0n) is 14.6. The Hall–Kier alpha value is 5.49. The first-order valence-electron chi connectivity index (χ1n) is 2.35. The molecule has 0 aliphatic carbocycles. The molecule has 19 heteroatoms. The predicted molar refractivity (Wildman–Crippen MR) is 43.7 cm³/mol. The second-order valence-electron chi connectivity index (χ2n) is 1.54. The van der Waals surface area contributed by atoms with Gasteiger partial charge in [0.05, 0.1) is 0 Å². The summed E-state index contributed by atoms with van der Waals surface area (Å²) in [6, 6.07) is 0. The summed E-state index contributed by atoms with van der Waals surface area (Å²) in [4.78, 5) is 0. The van der Waals surface area contributed by atoms with Crippen LogP contribution in [0.25, 0.3) is 0 Å². The second kappa shape index (κ2) is 21.5. The zero-order valence-corrected chi connectivity index (χ0v) is 26.2. The molecular weight excluding hydrogens is 649 g/mol. The summed E-state index contributed by atoms with van der Waals surface area (Å²) in [5.41, 5.74) is 0. The Morgan fingerprint density at radius 1 is 0.421 bits per heavy atom. The predicted octanol–water partition coefficient (Wildman–Crippen LogP) is -18.0. The first-order valence-corrected chi connectivity index (χ1v) is 15.7. The van der Waals surface area contributed by atoms with Crippen LogP contribution in [-0.2, 0) is 9.05 Å². The van der Waals surface area contributed by atoms with Crippen molar-refractivity contribution in [3.63, 3.8) is 0 Å². The minimum atomic E-state index is -5.35. The van der Waals surface area contributed by atoms with Crippen LogP contribution in [0.15, 0.2) is 0 Å². The van der Waals surface area contributed by atoms with Crippen molar-refractivity contribution in [3.05, 3.63) is 0 Å². The molecule has 0 unspecified atom stereocenters. The SMILES string of the molecule is [H-].[H-].[H-].[H-].[Na+].[Na+].[Na+].[Na+].[O]=[Sb]([OH])([OH])[OH].[O]=[Sb]([OH])([OH])[OH].[O]=[Sb]([OH])([OH])[OH]. The Labute approximate surface area is 218 Å². The molecule has 0 aromatic heterocycles. The van der Waals surface area contributed by atoms with E-state index in [1.54, 1.807) is 0 Å². The number of hydrogen-bond donors (Lipinski definition) is 9. The summed E-state index contributed by atoms with van der Waals surface area (Å²) in [6.45, 7) is 0. The third-order valence-corrected chi connectivity index (χ3v) is 0. The molecule has 0 heterocycles. The van der Waals surface area contributed by atoms with Gasteiger partial charge >= 0.3 is 218 Å². The molecular formula is H13Na4O12Sb3. The van der Waals surface area contributed by atoms with Crippen LogP contribution in [0, 0.1) is 0 Å². The topological polar surface area (TPSA) is 233 Å². The average molecular weight is 662 g/mol. The van der Waals surface area contributed by atoms with E-state index >= 15 is 0 Å². The van der Waals surface area contributed by atoms with E-state index in [9.17, 15) is 0 Å². The van der Waals surface area contributed by atoms with Crippen LogP contribution in [0.3, 0.4) is 0 Å². The summed E-state index contributed by atoms with van der Waals surface area (Å²) in [5, 5.41) is 0. The third-order valence-electron chi connectivity index (χ3n) is 0. The summed E-state index contributed by atoms with van der Waals surface area (Å²) in [7, 11) is 0. The van der Waals surface area contributed by atoms with Crippen LogP contribution in [0.1, 0.15) is 5.71 Å². The van der Waals surface area contributed by atoms with Crippen LogP contribution in [0.2, 0.25) is 0 Å². The molecule has 0 radical (unpaired) electrons. The molecule has 9 N–H and O–H groups in total. The van der Waals surface area contributed by atoms with Gasteiger partial charge in [-0.1, -0.05) is 0 Å². The fourth-order valence-corrected chi connectivity index (χ4v) is 0. The summed E-state index contributed by atoms with van der Waals surface area (Å²) in [6.07, 6.45) is 0. The molecule has 12 nitrogen and oxygen atoms in total. The standard InChI is InChI=1S/4Na.9H2O.3O.3Sb.4H/h;;;;9*1H2;;;;;;;;;;/q4*+1;;;;;;;;;;;;;3*+3;4*-1/p-9. The van der Waals surface area contributed by atoms with Crippen molar-refractivity contribution in [1.29, 1.82) is 0 Å². The molecule has 0 aromatic carbocycles. The zero-order chi connectivity index (χ0) is 13.5. The van der Waals surface area contributed by atoms with Crippen molar-refractivity contribution in [1.82, 2.24) is 0 Å². The van der Waals surface area contributed by atoms with Crippen molar-refractivity contribution < 1.29 is 163 Å². The Balaban J connectivity index is -0.00000000889. The van der Waals surface area contributed by atoms with E-state index in [-0.39, 0.29) is 124 Å². The van der Waals surface area contributed by atoms with Crippen LogP contribution in [0.5, 0.6) is 0 Å². The molecule has 19 heavy (non-hydrogen) atoms.